The highest BCUT2D eigenvalue weighted by Crippen LogP contribution is 2.37. The number of nitrogens with zero attached hydrogens (tertiary/aromatic N) is 1. The van der Waals surface area contributed by atoms with Crippen molar-refractivity contribution >= 4 is 23.3 Å². The molecule has 2 N–H and O–H groups in total. The van der Waals surface area contributed by atoms with E-state index in [-0.39, 0.29) is 17.5 Å². The minimum atomic E-state index is -0.587. The van der Waals surface area contributed by atoms with E-state index < -0.39 is 6.10 Å². The standard InChI is InChI=1S/C22H27N3O3/c1-14-7-6-8-16(11-14)13-25-18-10-9-17(23-21(27)24-22(3,4)5)12-19(18)28-15(2)20(25)26/h6-12,15H,13H2,1-5H3,(H2,23,24,27)/t15-/m0/s1. The molecule has 1 aliphatic rings. The van der Waals surface area contributed by atoms with Crippen LogP contribution in [0.4, 0.5) is 16.2 Å². The first-order valence-electron chi connectivity index (χ1n) is 9.39. The lowest BCUT2D eigenvalue weighted by Gasteiger charge is -2.33. The van der Waals surface area contributed by atoms with Crippen LogP contribution in [-0.4, -0.2) is 23.6 Å². The number of benzene rings is 2. The van der Waals surface area contributed by atoms with Crippen molar-refractivity contribution in [3.05, 3.63) is 53.6 Å². The Morgan fingerprint density at radius 2 is 1.93 bits per heavy atom. The number of fused-ring (bicyclic) bond motifs is 1. The van der Waals surface area contributed by atoms with E-state index in [0.29, 0.717) is 23.7 Å². The first-order valence-corrected chi connectivity index (χ1v) is 9.39. The Morgan fingerprint density at radius 3 is 2.61 bits per heavy atom. The molecule has 0 aromatic heterocycles. The smallest absolute Gasteiger partial charge is 0.319 e. The molecule has 28 heavy (non-hydrogen) atoms. The first-order chi connectivity index (χ1) is 13.1. The third kappa shape index (κ3) is 4.63. The largest absolute Gasteiger partial charge is 0.479 e. The molecule has 0 radical (unpaired) electrons. The molecule has 1 heterocycles. The topological polar surface area (TPSA) is 70.7 Å². The van der Waals surface area contributed by atoms with Gasteiger partial charge in [0.05, 0.1) is 12.2 Å². The molecule has 1 atom stereocenters. The maximum Gasteiger partial charge on any atom is 0.319 e. The third-order valence-electron chi connectivity index (χ3n) is 4.34. The number of aryl methyl sites for hydroxylation is 1. The summed E-state index contributed by atoms with van der Waals surface area (Å²) in [5.74, 6) is 0.494. The molecule has 1 aliphatic heterocycles. The molecule has 2 aromatic carbocycles. The third-order valence-corrected chi connectivity index (χ3v) is 4.34. The Bertz CT molecular complexity index is 902. The molecule has 2 aromatic rings. The number of carbonyl (C=O) groups excluding carboxylic acids is 2. The summed E-state index contributed by atoms with van der Waals surface area (Å²) in [4.78, 5) is 26.6. The summed E-state index contributed by atoms with van der Waals surface area (Å²) in [5.41, 5.74) is 3.18. The summed E-state index contributed by atoms with van der Waals surface area (Å²) in [6, 6.07) is 13.1. The molecular formula is C22H27N3O3. The molecule has 6 heteroatoms. The quantitative estimate of drug-likeness (QED) is 0.836. The molecule has 0 aliphatic carbocycles. The fourth-order valence-corrected chi connectivity index (χ4v) is 3.15. The Hall–Kier alpha value is -3.02. The lowest BCUT2D eigenvalue weighted by Crippen LogP contribution is -2.44. The second-order valence-electron chi connectivity index (χ2n) is 8.19. The lowest BCUT2D eigenvalue weighted by molar-refractivity contribution is -0.125. The van der Waals surface area contributed by atoms with Gasteiger partial charge in [0.25, 0.3) is 5.91 Å². The normalized spacial score (nSPS) is 16.2. The highest BCUT2D eigenvalue weighted by Gasteiger charge is 2.31. The summed E-state index contributed by atoms with van der Waals surface area (Å²) in [5, 5.41) is 5.67. The first kappa shape index (κ1) is 19.7. The van der Waals surface area contributed by atoms with Crippen molar-refractivity contribution < 1.29 is 14.3 Å². The summed E-state index contributed by atoms with van der Waals surface area (Å²) < 4.78 is 5.80. The van der Waals surface area contributed by atoms with E-state index in [2.05, 4.69) is 16.7 Å². The molecule has 0 spiro atoms. The highest BCUT2D eigenvalue weighted by molar-refractivity contribution is 6.00. The van der Waals surface area contributed by atoms with Crippen molar-refractivity contribution in [3.63, 3.8) is 0 Å². The number of urea groups is 1. The van der Waals surface area contributed by atoms with E-state index >= 15 is 0 Å². The molecule has 0 bridgehead atoms. The van der Waals surface area contributed by atoms with Crippen LogP contribution in [0, 0.1) is 6.92 Å². The van der Waals surface area contributed by atoms with Crippen molar-refractivity contribution in [2.45, 2.75) is 52.8 Å². The van der Waals surface area contributed by atoms with Gasteiger partial charge in [-0.2, -0.15) is 0 Å². The van der Waals surface area contributed by atoms with Crippen molar-refractivity contribution in [2.75, 3.05) is 10.2 Å². The van der Waals surface area contributed by atoms with E-state index in [1.807, 2.05) is 52.0 Å². The average molecular weight is 381 g/mol. The number of nitrogens with one attached hydrogen (secondary N) is 2. The van der Waals surface area contributed by atoms with Crippen LogP contribution in [0.15, 0.2) is 42.5 Å². The molecule has 0 saturated carbocycles. The molecular weight excluding hydrogens is 354 g/mol. The Kier molecular flexibility index (Phi) is 5.31. The summed E-state index contributed by atoms with van der Waals surface area (Å²) in [6.07, 6.45) is -0.587. The van der Waals surface area contributed by atoms with Gasteiger partial charge >= 0.3 is 6.03 Å². The molecule has 0 fully saturated rings. The molecule has 6 nitrogen and oxygen atoms in total. The van der Waals surface area contributed by atoms with Crippen LogP contribution >= 0.6 is 0 Å². The van der Waals surface area contributed by atoms with Crippen molar-refractivity contribution in [1.82, 2.24) is 5.32 Å². The fraction of sp³-hybridized carbons (Fsp3) is 0.364. The Morgan fingerprint density at radius 1 is 1.18 bits per heavy atom. The zero-order chi connectivity index (χ0) is 20.5. The van der Waals surface area contributed by atoms with Gasteiger partial charge < -0.3 is 20.3 Å². The van der Waals surface area contributed by atoms with Gasteiger partial charge in [0.1, 0.15) is 5.75 Å². The van der Waals surface area contributed by atoms with Gasteiger partial charge in [-0.1, -0.05) is 29.8 Å². The number of rotatable bonds is 3. The fourth-order valence-electron chi connectivity index (χ4n) is 3.15. The molecule has 0 unspecified atom stereocenters. The maximum absolute atomic E-state index is 12.7. The van der Waals surface area contributed by atoms with Crippen LogP contribution in [0.2, 0.25) is 0 Å². The second-order valence-corrected chi connectivity index (χ2v) is 8.19. The van der Waals surface area contributed by atoms with Gasteiger partial charge in [0, 0.05) is 17.3 Å². The van der Waals surface area contributed by atoms with Crippen LogP contribution in [0.25, 0.3) is 0 Å². The molecule has 0 saturated heterocycles. The van der Waals surface area contributed by atoms with E-state index in [1.165, 1.54) is 0 Å². The average Bonchev–Trinajstić information content (AvgIpc) is 2.57. The van der Waals surface area contributed by atoms with Gasteiger partial charge in [-0.25, -0.2) is 4.79 Å². The van der Waals surface area contributed by atoms with Gasteiger partial charge in [0.15, 0.2) is 6.10 Å². The van der Waals surface area contributed by atoms with Gasteiger partial charge in [-0.05, 0) is 52.3 Å². The van der Waals surface area contributed by atoms with Crippen LogP contribution in [0.1, 0.15) is 38.8 Å². The summed E-state index contributed by atoms with van der Waals surface area (Å²) in [6.45, 7) is 9.98. The van der Waals surface area contributed by atoms with Crippen LogP contribution < -0.4 is 20.3 Å². The van der Waals surface area contributed by atoms with Crippen molar-refractivity contribution in [1.29, 1.82) is 0 Å². The van der Waals surface area contributed by atoms with Crippen molar-refractivity contribution in [2.24, 2.45) is 0 Å². The van der Waals surface area contributed by atoms with Crippen LogP contribution in [-0.2, 0) is 11.3 Å². The predicted molar refractivity (Wildman–Crippen MR) is 111 cm³/mol. The van der Waals surface area contributed by atoms with Gasteiger partial charge in [-0.15, -0.1) is 0 Å². The van der Waals surface area contributed by atoms with E-state index in [4.69, 9.17) is 4.74 Å². The van der Waals surface area contributed by atoms with Gasteiger partial charge in [0.2, 0.25) is 0 Å². The summed E-state index contributed by atoms with van der Waals surface area (Å²) in [7, 11) is 0. The zero-order valence-electron chi connectivity index (χ0n) is 17.0. The number of ether oxygens (including phenoxy) is 1. The van der Waals surface area contributed by atoms with Crippen LogP contribution in [0.3, 0.4) is 0 Å². The molecule has 148 valence electrons. The number of hydrogen-bond acceptors (Lipinski definition) is 3. The van der Waals surface area contributed by atoms with E-state index in [9.17, 15) is 9.59 Å². The number of carbonyl (C=O) groups is 2. The lowest BCUT2D eigenvalue weighted by atomic mass is 10.1. The molecule has 3 rings (SSSR count). The van der Waals surface area contributed by atoms with E-state index in [0.717, 1.165) is 11.1 Å². The summed E-state index contributed by atoms with van der Waals surface area (Å²) >= 11 is 0. The Labute approximate surface area is 165 Å². The number of hydrogen-bond donors (Lipinski definition) is 2. The van der Waals surface area contributed by atoms with E-state index in [1.54, 1.807) is 24.0 Å². The van der Waals surface area contributed by atoms with Crippen LogP contribution in [0.5, 0.6) is 5.75 Å². The Balaban J connectivity index is 1.84. The van der Waals surface area contributed by atoms with Crippen molar-refractivity contribution in [3.8, 4) is 5.75 Å². The monoisotopic (exact) mass is 381 g/mol. The minimum absolute atomic E-state index is 0.0832. The predicted octanol–water partition coefficient (Wildman–Crippen LogP) is 4.23. The maximum atomic E-state index is 12.7. The SMILES string of the molecule is Cc1cccc(CN2C(=O)[C@H](C)Oc3cc(NC(=O)NC(C)(C)C)ccc32)c1. The zero-order valence-corrected chi connectivity index (χ0v) is 17.0. The number of anilines is 2. The molecule has 3 amide bonds. The highest BCUT2D eigenvalue weighted by atomic mass is 16.5. The minimum Gasteiger partial charge on any atom is -0.479 e. The van der Waals surface area contributed by atoms with Gasteiger partial charge in [-0.3, -0.25) is 4.79 Å². The second kappa shape index (κ2) is 7.54. The number of amides is 3.